The fraction of sp³-hybridized carbons (Fsp3) is 0.238. The number of rotatable bonds is 5. The van der Waals surface area contributed by atoms with Gasteiger partial charge in [-0.25, -0.2) is 9.59 Å². The number of ether oxygens (including phenoxy) is 2. The average molecular weight is 412 g/mol. The van der Waals surface area contributed by atoms with E-state index < -0.39 is 11.9 Å². The Morgan fingerprint density at radius 3 is 2.24 bits per heavy atom. The Bertz CT molecular complexity index is 1140. The minimum Gasteiger partial charge on any atom is -0.465 e. The van der Waals surface area contributed by atoms with Crippen LogP contribution in [0.15, 0.2) is 47.5 Å². The highest BCUT2D eigenvalue weighted by atomic mass is 32.1. The summed E-state index contributed by atoms with van der Waals surface area (Å²) < 4.78 is 12.5. The van der Waals surface area contributed by atoms with Gasteiger partial charge in [0.05, 0.1) is 35.1 Å². The smallest absolute Gasteiger partial charge is 0.338 e. The number of amides is 1. The maximum atomic E-state index is 12.6. The third-order valence-corrected chi connectivity index (χ3v) is 5.30. The first-order chi connectivity index (χ1) is 14.0. The van der Waals surface area contributed by atoms with Crippen LogP contribution in [0.4, 0.5) is 0 Å². The minimum absolute atomic E-state index is 0.306. The van der Waals surface area contributed by atoms with Crippen LogP contribution in [0.5, 0.6) is 0 Å². The lowest BCUT2D eigenvalue weighted by atomic mass is 10.1. The van der Waals surface area contributed by atoms with Crippen LogP contribution in [0.25, 0.3) is 10.2 Å². The molecule has 0 atom stereocenters. The lowest BCUT2D eigenvalue weighted by molar-refractivity contribution is 0.0525. The van der Waals surface area contributed by atoms with Gasteiger partial charge in [0.1, 0.15) is 0 Å². The number of benzene rings is 2. The molecule has 3 rings (SSSR count). The zero-order valence-corrected chi connectivity index (χ0v) is 17.1. The zero-order chi connectivity index (χ0) is 21.0. The number of fused-ring (bicyclic) bond motifs is 1. The van der Waals surface area contributed by atoms with Gasteiger partial charge in [-0.1, -0.05) is 11.3 Å². The number of aromatic nitrogens is 1. The van der Waals surface area contributed by atoms with Crippen LogP contribution in [-0.4, -0.2) is 36.1 Å². The van der Waals surface area contributed by atoms with Crippen molar-refractivity contribution in [1.29, 1.82) is 0 Å². The molecule has 7 nitrogen and oxygen atoms in total. The maximum absolute atomic E-state index is 12.6. The van der Waals surface area contributed by atoms with Crippen molar-refractivity contribution < 1.29 is 23.9 Å². The second-order valence-corrected chi connectivity index (χ2v) is 7.03. The molecule has 0 bridgehead atoms. The number of thiazole rings is 1. The number of carbonyl (C=O) groups excluding carboxylic acids is 3. The van der Waals surface area contributed by atoms with Crippen LogP contribution < -0.4 is 4.80 Å². The first-order valence-electron chi connectivity index (χ1n) is 9.06. The van der Waals surface area contributed by atoms with Crippen LogP contribution in [0.1, 0.15) is 44.9 Å². The molecular formula is C21H20N2O5S. The zero-order valence-electron chi connectivity index (χ0n) is 16.3. The highest BCUT2D eigenvalue weighted by Crippen LogP contribution is 2.20. The molecule has 0 fully saturated rings. The molecule has 0 aliphatic carbocycles. The molecule has 1 heterocycles. The molecule has 1 aromatic heterocycles. The number of hydrogen-bond acceptors (Lipinski definition) is 6. The van der Waals surface area contributed by atoms with E-state index in [2.05, 4.69) is 9.73 Å². The van der Waals surface area contributed by atoms with Crippen LogP contribution in [0.2, 0.25) is 0 Å². The van der Waals surface area contributed by atoms with Gasteiger partial charge in [0.15, 0.2) is 4.80 Å². The molecular weight excluding hydrogens is 392 g/mol. The SMILES string of the molecule is CCOC(=O)c1ccc2c(c1)sc(=NC(=O)c1ccc(C(=O)OC)cc1)n2CC. The molecule has 0 saturated heterocycles. The Morgan fingerprint density at radius 1 is 0.966 bits per heavy atom. The molecule has 0 N–H and O–H groups in total. The summed E-state index contributed by atoms with van der Waals surface area (Å²) in [6.45, 7) is 4.64. The van der Waals surface area contributed by atoms with Gasteiger partial charge in [-0.05, 0) is 56.3 Å². The van der Waals surface area contributed by atoms with Crippen molar-refractivity contribution in [2.75, 3.05) is 13.7 Å². The summed E-state index contributed by atoms with van der Waals surface area (Å²) in [5.74, 6) is -1.27. The first kappa shape index (κ1) is 20.5. The van der Waals surface area contributed by atoms with Crippen molar-refractivity contribution in [2.24, 2.45) is 4.99 Å². The van der Waals surface area contributed by atoms with Gasteiger partial charge in [-0.3, -0.25) is 4.79 Å². The van der Waals surface area contributed by atoms with E-state index in [-0.39, 0.29) is 5.97 Å². The number of aryl methyl sites for hydroxylation is 1. The quantitative estimate of drug-likeness (QED) is 0.599. The molecule has 3 aromatic rings. The Kier molecular flexibility index (Phi) is 6.23. The predicted molar refractivity (Wildman–Crippen MR) is 109 cm³/mol. The molecule has 0 radical (unpaired) electrons. The van der Waals surface area contributed by atoms with E-state index in [0.717, 1.165) is 10.2 Å². The van der Waals surface area contributed by atoms with Crippen LogP contribution in [0, 0.1) is 0 Å². The largest absolute Gasteiger partial charge is 0.465 e. The molecule has 0 aliphatic rings. The maximum Gasteiger partial charge on any atom is 0.338 e. The standard InChI is InChI=1S/C21H20N2O5S/c1-4-23-16-11-10-15(20(26)28-5-2)12-17(16)29-21(23)22-18(24)13-6-8-14(9-7-13)19(25)27-3/h6-12H,4-5H2,1-3H3. The molecule has 0 aliphatic heterocycles. The van der Waals surface area contributed by atoms with Gasteiger partial charge in [-0.2, -0.15) is 4.99 Å². The highest BCUT2D eigenvalue weighted by molar-refractivity contribution is 7.16. The average Bonchev–Trinajstić information content (AvgIpc) is 3.09. The number of methoxy groups -OCH3 is 1. The number of hydrogen-bond donors (Lipinski definition) is 0. The molecule has 150 valence electrons. The molecule has 2 aromatic carbocycles. The van der Waals surface area contributed by atoms with Crippen molar-refractivity contribution in [3.8, 4) is 0 Å². The summed E-state index contributed by atoms with van der Waals surface area (Å²) in [5, 5.41) is 0. The molecule has 8 heteroatoms. The molecule has 0 saturated carbocycles. The Balaban J connectivity index is 1.99. The van der Waals surface area contributed by atoms with Crippen molar-refractivity contribution in [3.05, 3.63) is 64.0 Å². The summed E-state index contributed by atoms with van der Waals surface area (Å²) in [5.41, 5.74) is 2.07. The van der Waals surface area contributed by atoms with Crippen LogP contribution >= 0.6 is 11.3 Å². The van der Waals surface area contributed by atoms with Gasteiger partial charge in [-0.15, -0.1) is 0 Å². The number of carbonyl (C=O) groups is 3. The normalized spacial score (nSPS) is 11.5. The highest BCUT2D eigenvalue weighted by Gasteiger charge is 2.13. The van der Waals surface area contributed by atoms with Gasteiger partial charge >= 0.3 is 11.9 Å². The summed E-state index contributed by atoms with van der Waals surface area (Å²) in [6, 6.07) is 11.4. The van der Waals surface area contributed by atoms with E-state index in [1.165, 1.54) is 30.6 Å². The summed E-state index contributed by atoms with van der Waals surface area (Å²) in [4.78, 5) is 40.9. The van der Waals surface area contributed by atoms with Crippen LogP contribution in [-0.2, 0) is 16.0 Å². The van der Waals surface area contributed by atoms with Gasteiger partial charge < -0.3 is 14.0 Å². The third kappa shape index (κ3) is 4.27. The van der Waals surface area contributed by atoms with Crippen molar-refractivity contribution in [1.82, 2.24) is 4.57 Å². The van der Waals surface area contributed by atoms with E-state index in [0.29, 0.717) is 34.6 Å². The van der Waals surface area contributed by atoms with E-state index in [9.17, 15) is 14.4 Å². The van der Waals surface area contributed by atoms with Crippen molar-refractivity contribution in [2.45, 2.75) is 20.4 Å². The molecule has 0 unspecified atom stereocenters. The summed E-state index contributed by atoms with van der Waals surface area (Å²) in [6.07, 6.45) is 0. The van der Waals surface area contributed by atoms with E-state index in [4.69, 9.17) is 4.74 Å². The number of esters is 2. The predicted octanol–water partition coefficient (Wildman–Crippen LogP) is 3.43. The second-order valence-electron chi connectivity index (χ2n) is 6.02. The van der Waals surface area contributed by atoms with E-state index in [1.807, 2.05) is 17.6 Å². The fourth-order valence-corrected chi connectivity index (χ4v) is 3.96. The van der Waals surface area contributed by atoms with Gasteiger partial charge in [0, 0.05) is 12.1 Å². The first-order valence-corrected chi connectivity index (χ1v) is 9.88. The second kappa shape index (κ2) is 8.83. The minimum atomic E-state index is -0.466. The monoisotopic (exact) mass is 412 g/mol. The van der Waals surface area contributed by atoms with Gasteiger partial charge in [0.25, 0.3) is 5.91 Å². The van der Waals surface area contributed by atoms with Gasteiger partial charge in [0.2, 0.25) is 0 Å². The van der Waals surface area contributed by atoms with Crippen LogP contribution in [0.3, 0.4) is 0 Å². The number of nitrogens with zero attached hydrogens (tertiary/aromatic N) is 2. The fourth-order valence-electron chi connectivity index (χ4n) is 2.82. The summed E-state index contributed by atoms with van der Waals surface area (Å²) in [7, 11) is 1.30. The van der Waals surface area contributed by atoms with Crippen molar-refractivity contribution >= 4 is 39.4 Å². The Morgan fingerprint density at radius 2 is 1.62 bits per heavy atom. The topological polar surface area (TPSA) is 87.0 Å². The Labute approximate surface area is 171 Å². The van der Waals surface area contributed by atoms with Crippen molar-refractivity contribution in [3.63, 3.8) is 0 Å². The lowest BCUT2D eigenvalue weighted by Crippen LogP contribution is -2.16. The van der Waals surface area contributed by atoms with E-state index in [1.54, 1.807) is 31.2 Å². The Hall–Kier alpha value is -3.26. The molecule has 1 amide bonds. The third-order valence-electron chi connectivity index (χ3n) is 4.26. The van der Waals surface area contributed by atoms with E-state index >= 15 is 0 Å². The lowest BCUT2D eigenvalue weighted by Gasteiger charge is -2.03. The summed E-state index contributed by atoms with van der Waals surface area (Å²) >= 11 is 1.33. The molecule has 29 heavy (non-hydrogen) atoms. The molecule has 0 spiro atoms.